The van der Waals surface area contributed by atoms with Crippen LogP contribution in [0.4, 0.5) is 4.39 Å². The lowest BCUT2D eigenvalue weighted by molar-refractivity contribution is -0.127. The number of benzene rings is 1. The summed E-state index contributed by atoms with van der Waals surface area (Å²) in [4.78, 5) is 14.2. The Balaban J connectivity index is 1.70. The van der Waals surface area contributed by atoms with Crippen LogP contribution in [0.15, 0.2) is 23.8 Å². The van der Waals surface area contributed by atoms with Gasteiger partial charge in [-0.05, 0) is 37.1 Å². The molecular formula is C18H22FNO3. The monoisotopic (exact) mass is 319 g/mol. The number of rotatable bonds is 3. The smallest absolute Gasteiger partial charge is 0.253 e. The molecule has 2 atom stereocenters. The van der Waals surface area contributed by atoms with E-state index in [0.717, 1.165) is 25.7 Å². The number of halogens is 1. The number of hydrogen-bond donors (Lipinski definition) is 1. The van der Waals surface area contributed by atoms with E-state index in [9.17, 15) is 14.3 Å². The lowest BCUT2D eigenvalue weighted by Crippen LogP contribution is -2.39. The number of likely N-dealkylation sites (N-methyl/N-ethyl adjacent to an activating group) is 1. The maximum absolute atomic E-state index is 13.3. The molecule has 1 N–H and O–H groups in total. The van der Waals surface area contributed by atoms with Gasteiger partial charge in [-0.2, -0.15) is 0 Å². The Morgan fingerprint density at radius 3 is 2.96 bits per heavy atom. The first-order valence-corrected chi connectivity index (χ1v) is 8.11. The van der Waals surface area contributed by atoms with Gasteiger partial charge in [0.05, 0.1) is 11.7 Å². The Morgan fingerprint density at radius 2 is 2.17 bits per heavy atom. The van der Waals surface area contributed by atoms with Gasteiger partial charge in [-0.15, -0.1) is 0 Å². The van der Waals surface area contributed by atoms with Crippen LogP contribution >= 0.6 is 0 Å². The van der Waals surface area contributed by atoms with Crippen molar-refractivity contribution >= 4 is 12.0 Å². The largest absolute Gasteiger partial charge is 0.488 e. The summed E-state index contributed by atoms with van der Waals surface area (Å²) in [7, 11) is 1.74. The first-order chi connectivity index (χ1) is 11.0. The van der Waals surface area contributed by atoms with Crippen LogP contribution in [0.1, 0.15) is 31.2 Å². The highest BCUT2D eigenvalue weighted by Crippen LogP contribution is 2.29. The quantitative estimate of drug-likeness (QED) is 0.932. The first-order valence-electron chi connectivity index (χ1n) is 8.11. The number of nitrogens with zero attached hydrogens (tertiary/aromatic N) is 1. The standard InChI is InChI=1S/C18H22FNO3/c1-20(10-12-4-2-3-5-16(12)21)18(22)14-8-13-9-15(19)6-7-17(13)23-11-14/h6-9,12,16,21H,2-5,10-11H2,1H3. The molecule has 1 aromatic rings. The van der Waals surface area contributed by atoms with Crippen molar-refractivity contribution in [2.24, 2.45) is 5.92 Å². The zero-order chi connectivity index (χ0) is 16.4. The molecule has 1 aromatic carbocycles. The molecule has 23 heavy (non-hydrogen) atoms. The van der Waals surface area contributed by atoms with Crippen molar-refractivity contribution in [2.75, 3.05) is 20.2 Å². The second kappa shape index (κ2) is 6.71. The highest BCUT2D eigenvalue weighted by atomic mass is 19.1. The number of amides is 1. The van der Waals surface area contributed by atoms with E-state index in [2.05, 4.69) is 0 Å². The van der Waals surface area contributed by atoms with E-state index in [1.165, 1.54) is 12.1 Å². The van der Waals surface area contributed by atoms with Crippen molar-refractivity contribution < 1.29 is 19.0 Å². The number of ether oxygens (including phenoxy) is 1. The molecule has 0 radical (unpaired) electrons. The molecule has 1 aliphatic heterocycles. The zero-order valence-electron chi connectivity index (χ0n) is 13.3. The molecule has 4 nitrogen and oxygen atoms in total. The zero-order valence-corrected chi connectivity index (χ0v) is 13.3. The summed E-state index contributed by atoms with van der Waals surface area (Å²) in [6.07, 6.45) is 5.27. The van der Waals surface area contributed by atoms with Crippen molar-refractivity contribution in [1.29, 1.82) is 0 Å². The van der Waals surface area contributed by atoms with Crippen molar-refractivity contribution in [1.82, 2.24) is 4.90 Å². The fourth-order valence-corrected chi connectivity index (χ4v) is 3.35. The molecule has 1 fully saturated rings. The summed E-state index contributed by atoms with van der Waals surface area (Å²) in [6.45, 7) is 0.725. The summed E-state index contributed by atoms with van der Waals surface area (Å²) >= 11 is 0. The lowest BCUT2D eigenvalue weighted by Gasteiger charge is -2.32. The van der Waals surface area contributed by atoms with Crippen LogP contribution in [0.2, 0.25) is 0 Å². The van der Waals surface area contributed by atoms with Gasteiger partial charge in [0.1, 0.15) is 18.2 Å². The maximum Gasteiger partial charge on any atom is 0.253 e. The molecular weight excluding hydrogens is 297 g/mol. The van der Waals surface area contributed by atoms with Crippen LogP contribution in [0, 0.1) is 11.7 Å². The summed E-state index contributed by atoms with van der Waals surface area (Å²) in [5.74, 6) is 0.245. The van der Waals surface area contributed by atoms with E-state index in [-0.39, 0.29) is 30.4 Å². The topological polar surface area (TPSA) is 49.8 Å². The number of carbonyl (C=O) groups excluding carboxylic acids is 1. The number of hydrogen-bond acceptors (Lipinski definition) is 3. The van der Waals surface area contributed by atoms with Crippen LogP contribution in [0.5, 0.6) is 5.75 Å². The van der Waals surface area contributed by atoms with Crippen molar-refractivity contribution in [3.05, 3.63) is 35.2 Å². The lowest BCUT2D eigenvalue weighted by atomic mass is 9.86. The Labute approximate surface area is 135 Å². The molecule has 2 aliphatic rings. The molecule has 1 amide bonds. The van der Waals surface area contributed by atoms with Gasteiger partial charge in [-0.3, -0.25) is 4.79 Å². The van der Waals surface area contributed by atoms with Gasteiger partial charge in [0.2, 0.25) is 0 Å². The molecule has 1 heterocycles. The fraction of sp³-hybridized carbons (Fsp3) is 0.500. The third-order valence-corrected chi connectivity index (χ3v) is 4.68. The second-order valence-electron chi connectivity index (χ2n) is 6.44. The maximum atomic E-state index is 13.3. The number of fused-ring (bicyclic) bond motifs is 1. The van der Waals surface area contributed by atoms with Crippen LogP contribution in [-0.2, 0) is 4.79 Å². The Morgan fingerprint density at radius 1 is 1.39 bits per heavy atom. The van der Waals surface area contributed by atoms with E-state index in [0.29, 0.717) is 23.4 Å². The minimum atomic E-state index is -0.351. The van der Waals surface area contributed by atoms with Crippen LogP contribution in [0.3, 0.4) is 0 Å². The summed E-state index contributed by atoms with van der Waals surface area (Å²) in [5.41, 5.74) is 1.10. The van der Waals surface area contributed by atoms with Gasteiger partial charge in [-0.1, -0.05) is 12.8 Å². The molecule has 0 aromatic heterocycles. The van der Waals surface area contributed by atoms with Gasteiger partial charge in [0.25, 0.3) is 5.91 Å². The van der Waals surface area contributed by atoms with E-state index in [1.807, 2.05) is 0 Å². The highest BCUT2D eigenvalue weighted by Gasteiger charge is 2.27. The molecule has 3 rings (SSSR count). The number of aliphatic hydroxyl groups is 1. The van der Waals surface area contributed by atoms with Crippen molar-refractivity contribution in [2.45, 2.75) is 31.8 Å². The Kier molecular flexibility index (Phi) is 4.66. The predicted octanol–water partition coefficient (Wildman–Crippen LogP) is 2.61. The van der Waals surface area contributed by atoms with Gasteiger partial charge in [-0.25, -0.2) is 4.39 Å². The number of aliphatic hydroxyl groups excluding tert-OH is 1. The third kappa shape index (κ3) is 3.55. The van der Waals surface area contributed by atoms with Gasteiger partial charge < -0.3 is 14.7 Å². The predicted molar refractivity (Wildman–Crippen MR) is 85.5 cm³/mol. The van der Waals surface area contributed by atoms with Crippen molar-refractivity contribution in [3.63, 3.8) is 0 Å². The van der Waals surface area contributed by atoms with Gasteiger partial charge >= 0.3 is 0 Å². The summed E-state index contributed by atoms with van der Waals surface area (Å²) in [5, 5.41) is 10.1. The highest BCUT2D eigenvalue weighted by molar-refractivity contribution is 5.99. The Hall–Kier alpha value is -1.88. The van der Waals surface area contributed by atoms with E-state index >= 15 is 0 Å². The number of carbonyl (C=O) groups is 1. The summed E-state index contributed by atoms with van der Waals surface area (Å²) < 4.78 is 18.9. The van der Waals surface area contributed by atoms with Crippen molar-refractivity contribution in [3.8, 4) is 5.75 Å². The molecule has 0 saturated heterocycles. The second-order valence-corrected chi connectivity index (χ2v) is 6.44. The minimum Gasteiger partial charge on any atom is -0.488 e. The normalized spacial score (nSPS) is 23.5. The molecule has 5 heteroatoms. The third-order valence-electron chi connectivity index (χ3n) is 4.68. The van der Waals surface area contributed by atoms with Crippen LogP contribution in [0.25, 0.3) is 6.08 Å². The minimum absolute atomic E-state index is 0.127. The molecule has 124 valence electrons. The van der Waals surface area contributed by atoms with E-state index < -0.39 is 0 Å². The van der Waals surface area contributed by atoms with Gasteiger partial charge in [0, 0.05) is 25.1 Å². The first kappa shape index (κ1) is 16.0. The van der Waals surface area contributed by atoms with Crippen LogP contribution in [-0.4, -0.2) is 42.2 Å². The van der Waals surface area contributed by atoms with Gasteiger partial charge in [0.15, 0.2) is 0 Å². The molecule has 1 aliphatic carbocycles. The summed E-state index contributed by atoms with van der Waals surface area (Å²) in [6, 6.07) is 4.28. The van der Waals surface area contributed by atoms with E-state index in [1.54, 1.807) is 24.1 Å². The molecule has 0 bridgehead atoms. The van der Waals surface area contributed by atoms with Crippen LogP contribution < -0.4 is 4.74 Å². The SMILES string of the molecule is CN(CC1CCCCC1O)C(=O)C1=Cc2cc(F)ccc2OC1. The Bertz CT molecular complexity index is 629. The average molecular weight is 319 g/mol. The van der Waals surface area contributed by atoms with E-state index in [4.69, 9.17) is 4.74 Å². The fourth-order valence-electron chi connectivity index (χ4n) is 3.35. The molecule has 1 saturated carbocycles. The molecule has 2 unspecified atom stereocenters. The average Bonchev–Trinajstić information content (AvgIpc) is 2.55. The molecule has 0 spiro atoms.